The van der Waals surface area contributed by atoms with Gasteiger partial charge in [0.25, 0.3) is 0 Å². The Balaban J connectivity index is 1.15. The number of carbonyl (C=O) groups excluding carboxylic acids is 2. The number of fused-ring (bicyclic) bond motifs is 2. The molecule has 0 atom stereocenters. The van der Waals surface area contributed by atoms with E-state index in [9.17, 15) is 9.59 Å². The van der Waals surface area contributed by atoms with E-state index in [0.717, 1.165) is 60.4 Å². The first-order valence-corrected chi connectivity index (χ1v) is 14.7. The van der Waals surface area contributed by atoms with Crippen molar-refractivity contribution in [3.8, 4) is 0 Å². The zero-order valence-corrected chi connectivity index (χ0v) is 24.9. The molecule has 2 N–H and O–H groups in total. The van der Waals surface area contributed by atoms with Crippen LogP contribution in [0.5, 0.6) is 0 Å². The summed E-state index contributed by atoms with van der Waals surface area (Å²) in [7, 11) is 0. The summed E-state index contributed by atoms with van der Waals surface area (Å²) in [5, 5.41) is 7.14. The average molecular weight is 592 g/mol. The highest BCUT2D eigenvalue weighted by Gasteiger charge is 2.10. The zero-order chi connectivity index (χ0) is 29.7. The number of anilines is 2. The summed E-state index contributed by atoms with van der Waals surface area (Å²) < 4.78 is 10.7. The van der Waals surface area contributed by atoms with Gasteiger partial charge in [0.2, 0.25) is 0 Å². The van der Waals surface area contributed by atoms with Gasteiger partial charge in [0.15, 0.2) is 11.3 Å². The maximum absolute atomic E-state index is 12.3. The highest BCUT2D eigenvalue weighted by atomic mass is 32.1. The molecule has 0 bridgehead atoms. The Kier molecular flexibility index (Phi) is 11.7. The molecule has 4 heterocycles. The number of aromatic nitrogens is 4. The molecule has 4 rings (SSSR count). The molecule has 0 aliphatic rings. The van der Waals surface area contributed by atoms with Crippen molar-refractivity contribution in [1.29, 1.82) is 0 Å². The molecule has 0 saturated heterocycles. The highest BCUT2D eigenvalue weighted by Crippen LogP contribution is 2.15. The molecule has 2 amide bonds. The van der Waals surface area contributed by atoms with E-state index in [4.69, 9.17) is 9.47 Å². The number of rotatable bonds is 14. The number of ether oxygens (including phenoxy) is 2. The standard InChI is InChI=1S/C30H37N7O4S/c1-21-7-9-23-11-13-25(33-27(23)31-21)35-29(38)40-18-5-16-37(15-3-4-20-42)17-6-19-41-30(39)36-26-14-12-24-10-8-22(2)32-28(24)34-26/h7-14,42H,3-6,15-20H2,1-2H3,(H,31,33,35,38)(H,32,34,36,39). The van der Waals surface area contributed by atoms with Crippen LogP contribution >= 0.6 is 12.6 Å². The predicted octanol–water partition coefficient (Wildman–Crippen LogP) is 5.78. The number of hydrogen-bond donors (Lipinski definition) is 3. The number of pyridine rings is 4. The van der Waals surface area contributed by atoms with Gasteiger partial charge >= 0.3 is 12.2 Å². The summed E-state index contributed by atoms with van der Waals surface area (Å²) >= 11 is 4.31. The van der Waals surface area contributed by atoms with Crippen molar-refractivity contribution in [2.24, 2.45) is 0 Å². The number of amides is 2. The molecule has 12 heteroatoms. The summed E-state index contributed by atoms with van der Waals surface area (Å²) in [5.74, 6) is 1.62. The molecular formula is C30H37N7O4S. The third-order valence-electron chi connectivity index (χ3n) is 6.43. The van der Waals surface area contributed by atoms with Gasteiger partial charge in [-0.3, -0.25) is 10.6 Å². The smallest absolute Gasteiger partial charge is 0.412 e. The minimum Gasteiger partial charge on any atom is -0.449 e. The molecular weight excluding hydrogens is 554 g/mol. The van der Waals surface area contributed by atoms with Crippen molar-refractivity contribution < 1.29 is 19.1 Å². The van der Waals surface area contributed by atoms with Crippen LogP contribution in [0.4, 0.5) is 21.2 Å². The minimum absolute atomic E-state index is 0.270. The van der Waals surface area contributed by atoms with E-state index in [1.807, 2.05) is 50.2 Å². The van der Waals surface area contributed by atoms with E-state index in [2.05, 4.69) is 48.1 Å². The number of nitrogens with one attached hydrogen (secondary N) is 2. The van der Waals surface area contributed by atoms with E-state index >= 15 is 0 Å². The van der Waals surface area contributed by atoms with Gasteiger partial charge in [-0.15, -0.1) is 0 Å². The van der Waals surface area contributed by atoms with Gasteiger partial charge in [0.05, 0.1) is 13.2 Å². The molecule has 4 aromatic heterocycles. The Morgan fingerprint density at radius 3 is 1.60 bits per heavy atom. The number of thiol groups is 1. The molecule has 11 nitrogen and oxygen atoms in total. The van der Waals surface area contributed by atoms with Gasteiger partial charge < -0.3 is 14.4 Å². The zero-order valence-electron chi connectivity index (χ0n) is 24.0. The fourth-order valence-electron chi connectivity index (χ4n) is 4.30. The highest BCUT2D eigenvalue weighted by molar-refractivity contribution is 7.80. The van der Waals surface area contributed by atoms with Gasteiger partial charge in [-0.05, 0) is 100 Å². The second-order valence-electron chi connectivity index (χ2n) is 9.89. The predicted molar refractivity (Wildman–Crippen MR) is 167 cm³/mol. The van der Waals surface area contributed by atoms with Crippen LogP contribution in [-0.4, -0.2) is 75.6 Å². The first-order chi connectivity index (χ1) is 20.4. The topological polar surface area (TPSA) is 131 Å². The maximum Gasteiger partial charge on any atom is 0.412 e. The summed E-state index contributed by atoms with van der Waals surface area (Å²) in [6.45, 7) is 6.71. The summed E-state index contributed by atoms with van der Waals surface area (Å²) in [6, 6.07) is 14.9. The largest absolute Gasteiger partial charge is 0.449 e. The lowest BCUT2D eigenvalue weighted by Gasteiger charge is -2.22. The Labute approximate surface area is 250 Å². The lowest BCUT2D eigenvalue weighted by Crippen LogP contribution is -2.29. The van der Waals surface area contributed by atoms with Crippen LogP contribution in [0.25, 0.3) is 22.1 Å². The second-order valence-corrected chi connectivity index (χ2v) is 10.3. The molecule has 42 heavy (non-hydrogen) atoms. The van der Waals surface area contributed by atoms with Gasteiger partial charge in [0.1, 0.15) is 11.6 Å². The molecule has 222 valence electrons. The van der Waals surface area contributed by atoms with Crippen molar-refractivity contribution >= 4 is 58.5 Å². The molecule has 4 aromatic rings. The molecule has 0 radical (unpaired) electrons. The lowest BCUT2D eigenvalue weighted by atomic mass is 10.2. The molecule has 0 aliphatic carbocycles. The monoisotopic (exact) mass is 591 g/mol. The third kappa shape index (κ3) is 9.81. The van der Waals surface area contributed by atoms with E-state index in [1.165, 1.54) is 0 Å². The molecule has 0 saturated carbocycles. The molecule has 0 unspecified atom stereocenters. The van der Waals surface area contributed by atoms with Crippen molar-refractivity contribution in [2.75, 3.05) is 49.2 Å². The number of nitrogens with zero attached hydrogens (tertiary/aromatic N) is 5. The van der Waals surface area contributed by atoms with Crippen LogP contribution in [0.2, 0.25) is 0 Å². The minimum atomic E-state index is -0.553. The van der Waals surface area contributed by atoms with E-state index in [0.29, 0.717) is 35.8 Å². The van der Waals surface area contributed by atoms with Crippen molar-refractivity contribution in [3.63, 3.8) is 0 Å². The lowest BCUT2D eigenvalue weighted by molar-refractivity contribution is 0.143. The van der Waals surface area contributed by atoms with Crippen LogP contribution < -0.4 is 10.6 Å². The van der Waals surface area contributed by atoms with Crippen LogP contribution in [0.1, 0.15) is 37.1 Å². The van der Waals surface area contributed by atoms with E-state index < -0.39 is 12.2 Å². The van der Waals surface area contributed by atoms with Gasteiger partial charge in [-0.1, -0.05) is 0 Å². The SMILES string of the molecule is Cc1ccc2ccc(NC(=O)OCCCN(CCCCS)CCCOC(=O)Nc3ccc4ccc(C)nc4n3)nc2n1. The summed E-state index contributed by atoms with van der Waals surface area (Å²) in [5.41, 5.74) is 2.86. The van der Waals surface area contributed by atoms with E-state index in [1.54, 1.807) is 12.1 Å². The van der Waals surface area contributed by atoms with Crippen LogP contribution in [0, 0.1) is 13.8 Å². The Bertz CT molecular complexity index is 1400. The third-order valence-corrected chi connectivity index (χ3v) is 6.75. The summed E-state index contributed by atoms with van der Waals surface area (Å²) in [4.78, 5) is 44.4. The first-order valence-electron chi connectivity index (χ1n) is 14.1. The van der Waals surface area contributed by atoms with Crippen molar-refractivity contribution in [3.05, 3.63) is 59.9 Å². The van der Waals surface area contributed by atoms with Crippen LogP contribution in [0.3, 0.4) is 0 Å². The quantitative estimate of drug-likeness (QED) is 0.123. The van der Waals surface area contributed by atoms with Crippen molar-refractivity contribution in [2.45, 2.75) is 39.5 Å². The van der Waals surface area contributed by atoms with Crippen molar-refractivity contribution in [1.82, 2.24) is 24.8 Å². The van der Waals surface area contributed by atoms with Gasteiger partial charge in [-0.25, -0.2) is 29.5 Å². The van der Waals surface area contributed by atoms with Crippen LogP contribution in [-0.2, 0) is 9.47 Å². The molecule has 0 fully saturated rings. The average Bonchev–Trinajstić information content (AvgIpc) is 2.96. The van der Waals surface area contributed by atoms with Crippen LogP contribution in [0.15, 0.2) is 48.5 Å². The Hall–Kier alpha value is -4.03. The van der Waals surface area contributed by atoms with Gasteiger partial charge in [0, 0.05) is 35.2 Å². The normalized spacial score (nSPS) is 11.1. The number of carbonyl (C=O) groups is 2. The molecule has 0 aliphatic heterocycles. The maximum atomic E-state index is 12.3. The summed E-state index contributed by atoms with van der Waals surface area (Å²) in [6.07, 6.45) is 2.25. The molecule has 0 spiro atoms. The number of hydrogen-bond acceptors (Lipinski definition) is 10. The Morgan fingerprint density at radius 1 is 0.667 bits per heavy atom. The fourth-order valence-corrected chi connectivity index (χ4v) is 4.52. The fraction of sp³-hybridized carbons (Fsp3) is 0.400. The second kappa shape index (κ2) is 15.8. The number of unbranched alkanes of at least 4 members (excludes halogenated alkanes) is 1. The Morgan fingerprint density at radius 2 is 1.12 bits per heavy atom. The number of aryl methyl sites for hydroxylation is 2. The van der Waals surface area contributed by atoms with Gasteiger partial charge in [-0.2, -0.15) is 12.6 Å². The van der Waals surface area contributed by atoms with E-state index in [-0.39, 0.29) is 13.2 Å². The molecule has 0 aromatic carbocycles. The first kappa shape index (κ1) is 30.9.